The minimum atomic E-state index is -1.06. The molecule has 2 rings (SSSR count). The predicted molar refractivity (Wildman–Crippen MR) is 125 cm³/mol. The van der Waals surface area contributed by atoms with E-state index in [1.165, 1.54) is 0 Å². The fourth-order valence-electron chi connectivity index (χ4n) is 3.51. The molecule has 2 aromatic rings. The molecule has 0 aliphatic carbocycles. The third kappa shape index (κ3) is 7.02. The maximum absolute atomic E-state index is 12.7. The molecule has 174 valence electrons. The fourth-order valence-corrected chi connectivity index (χ4v) is 3.51. The van der Waals surface area contributed by atoms with Crippen molar-refractivity contribution in [3.8, 4) is 0 Å². The molecule has 7 heteroatoms. The average Bonchev–Trinajstić information content (AvgIpc) is 3.15. The van der Waals surface area contributed by atoms with Gasteiger partial charge in [-0.15, -0.1) is 0 Å². The van der Waals surface area contributed by atoms with Crippen LogP contribution in [0.4, 0.5) is 0 Å². The van der Waals surface area contributed by atoms with E-state index in [1.54, 1.807) is 0 Å². The van der Waals surface area contributed by atoms with Gasteiger partial charge in [-0.3, -0.25) is 4.79 Å². The van der Waals surface area contributed by atoms with Crippen LogP contribution >= 0.6 is 0 Å². The normalized spacial score (nSPS) is 16.1. The number of nitrogens with one attached hydrogen (secondary N) is 1. The fraction of sp³-hybridized carbons (Fsp3) is 0.667. The van der Waals surface area contributed by atoms with Gasteiger partial charge in [-0.25, -0.2) is 4.98 Å². The number of unbranched alkanes of at least 4 members (excludes halogenated alkanes) is 1. The number of aliphatic hydroxyl groups excluding tert-OH is 1. The number of fused-ring (bicyclic) bond motifs is 1. The van der Waals surface area contributed by atoms with Crippen LogP contribution in [0.1, 0.15) is 84.3 Å². The van der Waals surface area contributed by atoms with E-state index in [-0.39, 0.29) is 17.2 Å². The van der Waals surface area contributed by atoms with E-state index in [0.29, 0.717) is 36.4 Å². The Labute approximate surface area is 186 Å². The molecule has 0 saturated heterocycles. The van der Waals surface area contributed by atoms with Gasteiger partial charge in [-0.2, -0.15) is 0 Å². The highest BCUT2D eigenvalue weighted by molar-refractivity contribution is 5.81. The number of nitrogens with two attached hydrogens (primary N) is 2. The van der Waals surface area contributed by atoms with E-state index in [1.807, 2.05) is 18.2 Å². The Kier molecular flexibility index (Phi) is 9.03. The summed E-state index contributed by atoms with van der Waals surface area (Å²) in [5, 5.41) is 14.0. The Hall–Kier alpha value is -1.96. The number of benzene rings is 1. The SMILES string of the molecule is CCC(C)C[C@@H](NC(=O)[C@H](N)CCCCN)C(O)c1nc2cc(C(C)(C)C)ccc2o1. The lowest BCUT2D eigenvalue weighted by atomic mass is 9.87. The van der Waals surface area contributed by atoms with Gasteiger partial charge in [0.15, 0.2) is 11.7 Å². The summed E-state index contributed by atoms with van der Waals surface area (Å²) in [4.78, 5) is 17.2. The molecule has 7 nitrogen and oxygen atoms in total. The first kappa shape index (κ1) is 25.3. The van der Waals surface area contributed by atoms with Gasteiger partial charge in [0.25, 0.3) is 0 Å². The number of carbonyl (C=O) groups excluding carboxylic acids is 1. The van der Waals surface area contributed by atoms with Crippen molar-refractivity contribution in [1.82, 2.24) is 10.3 Å². The zero-order valence-corrected chi connectivity index (χ0v) is 19.6. The highest BCUT2D eigenvalue weighted by Crippen LogP contribution is 2.29. The standard InChI is InChI=1S/C24H40N4O3/c1-6-15(2)13-19(27-22(30)17(26)9-7-8-12-25)21(29)23-28-18-14-16(24(3,4)5)10-11-20(18)31-23/h10-11,14-15,17,19,21,29H,6-9,12-13,25-26H2,1-5H3,(H,27,30)/t15?,17-,19-,21?/m1/s1. The van der Waals surface area contributed by atoms with Crippen molar-refractivity contribution >= 4 is 17.0 Å². The van der Waals surface area contributed by atoms with Crippen LogP contribution in [0.15, 0.2) is 22.6 Å². The molecule has 31 heavy (non-hydrogen) atoms. The highest BCUT2D eigenvalue weighted by Gasteiger charge is 2.30. The molecular weight excluding hydrogens is 392 g/mol. The number of aliphatic hydroxyl groups is 1. The van der Waals surface area contributed by atoms with Gasteiger partial charge in [0.05, 0.1) is 12.1 Å². The Morgan fingerprint density at radius 3 is 2.61 bits per heavy atom. The van der Waals surface area contributed by atoms with Crippen molar-refractivity contribution < 1.29 is 14.3 Å². The monoisotopic (exact) mass is 432 g/mol. The summed E-state index contributed by atoms with van der Waals surface area (Å²) in [5.41, 5.74) is 14.0. The third-order valence-electron chi connectivity index (χ3n) is 5.89. The van der Waals surface area contributed by atoms with Crippen LogP contribution in [0.3, 0.4) is 0 Å². The van der Waals surface area contributed by atoms with Crippen molar-refractivity contribution in [2.45, 2.75) is 90.3 Å². The number of nitrogens with zero attached hydrogens (tertiary/aromatic N) is 1. The molecular formula is C24H40N4O3. The minimum absolute atomic E-state index is 0.0149. The van der Waals surface area contributed by atoms with Crippen molar-refractivity contribution in [2.24, 2.45) is 17.4 Å². The number of oxazole rings is 1. The molecule has 0 aliphatic rings. The first-order valence-corrected chi connectivity index (χ1v) is 11.4. The molecule has 1 aromatic carbocycles. The Balaban J connectivity index is 2.21. The van der Waals surface area contributed by atoms with E-state index in [2.05, 4.69) is 44.9 Å². The summed E-state index contributed by atoms with van der Waals surface area (Å²) < 4.78 is 5.86. The lowest BCUT2D eigenvalue weighted by Gasteiger charge is -2.26. The van der Waals surface area contributed by atoms with E-state index in [9.17, 15) is 9.90 Å². The molecule has 0 radical (unpaired) electrons. The topological polar surface area (TPSA) is 127 Å². The van der Waals surface area contributed by atoms with Crippen LogP contribution < -0.4 is 16.8 Å². The van der Waals surface area contributed by atoms with Crippen molar-refractivity contribution in [3.63, 3.8) is 0 Å². The van der Waals surface area contributed by atoms with Gasteiger partial charge >= 0.3 is 0 Å². The second-order valence-electron chi connectivity index (χ2n) is 9.68. The van der Waals surface area contributed by atoms with Gasteiger partial charge in [-0.1, -0.05) is 53.5 Å². The zero-order valence-electron chi connectivity index (χ0n) is 19.6. The molecule has 2 unspecified atom stereocenters. The number of hydrogen-bond donors (Lipinski definition) is 4. The van der Waals surface area contributed by atoms with E-state index in [4.69, 9.17) is 15.9 Å². The second-order valence-corrected chi connectivity index (χ2v) is 9.68. The Morgan fingerprint density at radius 1 is 1.29 bits per heavy atom. The van der Waals surface area contributed by atoms with Crippen LogP contribution in [0.5, 0.6) is 0 Å². The summed E-state index contributed by atoms with van der Waals surface area (Å²) in [7, 11) is 0. The first-order valence-electron chi connectivity index (χ1n) is 11.4. The average molecular weight is 433 g/mol. The third-order valence-corrected chi connectivity index (χ3v) is 5.89. The van der Waals surface area contributed by atoms with E-state index >= 15 is 0 Å². The molecule has 1 amide bonds. The van der Waals surface area contributed by atoms with Gasteiger partial charge in [0.2, 0.25) is 11.8 Å². The lowest BCUT2D eigenvalue weighted by Crippen LogP contribution is -2.48. The summed E-state index contributed by atoms with van der Waals surface area (Å²) in [6.07, 6.45) is 2.67. The van der Waals surface area contributed by atoms with Crippen LogP contribution in [0, 0.1) is 5.92 Å². The second kappa shape index (κ2) is 11.1. The highest BCUT2D eigenvalue weighted by atomic mass is 16.4. The van der Waals surface area contributed by atoms with Crippen LogP contribution in [0.2, 0.25) is 0 Å². The first-order chi connectivity index (χ1) is 14.6. The van der Waals surface area contributed by atoms with Crippen molar-refractivity contribution in [1.29, 1.82) is 0 Å². The van der Waals surface area contributed by atoms with Crippen LogP contribution in [-0.2, 0) is 10.2 Å². The van der Waals surface area contributed by atoms with Gasteiger partial charge in [-0.05, 0) is 54.8 Å². The lowest BCUT2D eigenvalue weighted by molar-refractivity contribution is -0.124. The molecule has 0 aliphatic heterocycles. The molecule has 6 N–H and O–H groups in total. The van der Waals surface area contributed by atoms with Gasteiger partial charge in [0.1, 0.15) is 5.52 Å². The molecule has 1 aromatic heterocycles. The summed E-state index contributed by atoms with van der Waals surface area (Å²) in [6.45, 7) is 11.2. The number of aromatic nitrogens is 1. The Bertz CT molecular complexity index is 843. The van der Waals surface area contributed by atoms with Crippen LogP contribution in [-0.4, -0.2) is 34.6 Å². The van der Waals surface area contributed by atoms with Gasteiger partial charge < -0.3 is 26.3 Å². The molecule has 0 spiro atoms. The number of rotatable bonds is 11. The molecule has 0 fully saturated rings. The van der Waals surface area contributed by atoms with Crippen molar-refractivity contribution in [3.05, 3.63) is 29.7 Å². The van der Waals surface area contributed by atoms with E-state index in [0.717, 1.165) is 24.8 Å². The maximum Gasteiger partial charge on any atom is 0.237 e. The smallest absolute Gasteiger partial charge is 0.237 e. The quantitative estimate of drug-likeness (QED) is 0.402. The van der Waals surface area contributed by atoms with Crippen molar-refractivity contribution in [2.75, 3.05) is 6.54 Å². The number of hydrogen-bond acceptors (Lipinski definition) is 6. The van der Waals surface area contributed by atoms with Crippen LogP contribution in [0.25, 0.3) is 11.1 Å². The molecule has 1 heterocycles. The minimum Gasteiger partial charge on any atom is -0.438 e. The summed E-state index contributed by atoms with van der Waals surface area (Å²) >= 11 is 0. The zero-order chi connectivity index (χ0) is 23.2. The number of carbonyl (C=O) groups is 1. The Morgan fingerprint density at radius 2 is 2.00 bits per heavy atom. The summed E-state index contributed by atoms with van der Waals surface area (Å²) in [6, 6.07) is 4.73. The number of amides is 1. The molecule has 0 saturated carbocycles. The summed E-state index contributed by atoms with van der Waals surface area (Å²) in [5.74, 6) is 0.257. The predicted octanol–water partition coefficient (Wildman–Crippen LogP) is 3.54. The molecule has 4 atom stereocenters. The molecule has 0 bridgehead atoms. The largest absolute Gasteiger partial charge is 0.438 e. The maximum atomic E-state index is 12.7. The van der Waals surface area contributed by atoms with Gasteiger partial charge in [0, 0.05) is 0 Å². The van der Waals surface area contributed by atoms with E-state index < -0.39 is 18.2 Å².